The molecule has 0 saturated carbocycles. The smallest absolute Gasteiger partial charge is 0.247 e. The molecule has 0 aliphatic carbocycles. The Labute approximate surface area is 215 Å². The number of hydrogen-bond acceptors (Lipinski definition) is 10. The Bertz CT molecular complexity index is 1510. The van der Waals surface area contributed by atoms with E-state index in [1.165, 1.54) is 11.1 Å². The monoisotopic (exact) mass is 510 g/mol. The molecule has 1 fully saturated rings. The fourth-order valence-corrected chi connectivity index (χ4v) is 4.84. The van der Waals surface area contributed by atoms with Gasteiger partial charge in [-0.3, -0.25) is 9.59 Å². The molecular weight excluding hydrogens is 492 g/mol. The molecule has 0 N–H and O–H groups in total. The highest BCUT2D eigenvalue weighted by molar-refractivity contribution is 8.00. The Morgan fingerprint density at radius 3 is 2.46 bits per heavy atom. The molecule has 1 atom stereocenters. The number of benzene rings is 3. The maximum atomic E-state index is 13.1. The number of carbonyl (C=O) groups excluding carboxylic acids is 2. The molecule has 0 radical (unpaired) electrons. The zero-order chi connectivity index (χ0) is 25.2. The van der Waals surface area contributed by atoms with Crippen LogP contribution in [0, 0.1) is 0 Å². The van der Waals surface area contributed by atoms with Crippen molar-refractivity contribution in [3.05, 3.63) is 79.0 Å². The molecule has 2 aliphatic heterocycles. The lowest BCUT2D eigenvalue weighted by Gasteiger charge is -2.14. The summed E-state index contributed by atoms with van der Waals surface area (Å²) in [6.45, 7) is 0.177. The molecular formula is C26H18N6O4S. The van der Waals surface area contributed by atoms with Gasteiger partial charge in [0.05, 0.1) is 29.0 Å². The highest BCUT2D eigenvalue weighted by Crippen LogP contribution is 2.37. The van der Waals surface area contributed by atoms with E-state index < -0.39 is 5.25 Å². The van der Waals surface area contributed by atoms with Gasteiger partial charge >= 0.3 is 0 Å². The van der Waals surface area contributed by atoms with Crippen LogP contribution in [0.15, 0.2) is 94.4 Å². The summed E-state index contributed by atoms with van der Waals surface area (Å²) < 4.78 is 10.8. The van der Waals surface area contributed by atoms with E-state index in [2.05, 4.69) is 25.4 Å². The van der Waals surface area contributed by atoms with E-state index in [1.807, 2.05) is 42.5 Å². The van der Waals surface area contributed by atoms with E-state index in [4.69, 9.17) is 9.47 Å². The topological polar surface area (TPSA) is 119 Å². The molecule has 0 spiro atoms. The normalized spacial score (nSPS) is 16.6. The molecule has 2 aliphatic rings. The quantitative estimate of drug-likeness (QED) is 0.259. The number of imide groups is 1. The molecule has 1 saturated heterocycles. The van der Waals surface area contributed by atoms with E-state index in [0.717, 1.165) is 23.0 Å². The number of carbonyl (C=O) groups is 2. The van der Waals surface area contributed by atoms with Crippen molar-refractivity contribution >= 4 is 40.6 Å². The third-order valence-electron chi connectivity index (χ3n) is 5.71. The number of aromatic nitrogens is 3. The number of fused-ring (bicyclic) bond motifs is 1. The molecule has 4 aromatic rings. The van der Waals surface area contributed by atoms with Gasteiger partial charge in [-0.05, 0) is 54.6 Å². The SMILES string of the molecule is O=C1CC(Sc2nncc(-c3ccc4c(c3)OCO4)n2)C(=O)N1c1ccc(N=Nc2ccccc2)cc1. The second-order valence-corrected chi connectivity index (χ2v) is 9.29. The summed E-state index contributed by atoms with van der Waals surface area (Å²) in [6, 6.07) is 21.6. The first kappa shape index (κ1) is 22.8. The fraction of sp³-hybridized carbons (Fsp3) is 0.115. The number of hydrogen-bond donors (Lipinski definition) is 0. The van der Waals surface area contributed by atoms with E-state index in [0.29, 0.717) is 33.7 Å². The Morgan fingerprint density at radius 1 is 0.892 bits per heavy atom. The third kappa shape index (κ3) is 4.76. The molecule has 11 heteroatoms. The molecule has 2 amide bonds. The van der Waals surface area contributed by atoms with Crippen LogP contribution in [0.3, 0.4) is 0 Å². The number of amides is 2. The van der Waals surface area contributed by atoms with Crippen LogP contribution in [0.2, 0.25) is 0 Å². The van der Waals surface area contributed by atoms with Crippen LogP contribution < -0.4 is 14.4 Å². The van der Waals surface area contributed by atoms with E-state index in [9.17, 15) is 9.59 Å². The zero-order valence-electron chi connectivity index (χ0n) is 19.2. The standard InChI is InChI=1S/C26H18N6O4S/c33-24-13-23(37-26-28-20(14-27-31-26)16-6-11-21-22(12-16)36-15-35-21)25(34)32(24)19-9-7-18(8-10-19)30-29-17-4-2-1-3-5-17/h1-12,14,23H,13,15H2. The summed E-state index contributed by atoms with van der Waals surface area (Å²) in [5.41, 5.74) is 3.17. The highest BCUT2D eigenvalue weighted by atomic mass is 32.2. The Kier molecular flexibility index (Phi) is 6.03. The van der Waals surface area contributed by atoms with Crippen LogP contribution in [0.25, 0.3) is 11.3 Å². The summed E-state index contributed by atoms with van der Waals surface area (Å²) in [7, 11) is 0. The first-order valence-corrected chi connectivity index (χ1v) is 12.2. The molecule has 6 rings (SSSR count). The van der Waals surface area contributed by atoms with Gasteiger partial charge in [0.15, 0.2) is 11.5 Å². The van der Waals surface area contributed by atoms with Crippen molar-refractivity contribution in [2.45, 2.75) is 16.8 Å². The summed E-state index contributed by atoms with van der Waals surface area (Å²) in [4.78, 5) is 31.6. The van der Waals surface area contributed by atoms with Gasteiger partial charge in [-0.1, -0.05) is 30.0 Å². The molecule has 0 bridgehead atoms. The lowest BCUT2D eigenvalue weighted by Crippen LogP contribution is -2.31. The number of nitrogens with zero attached hydrogens (tertiary/aromatic N) is 6. The average molecular weight is 511 g/mol. The van der Waals surface area contributed by atoms with Crippen molar-refractivity contribution < 1.29 is 19.1 Å². The maximum Gasteiger partial charge on any atom is 0.247 e. The van der Waals surface area contributed by atoms with Crippen molar-refractivity contribution in [1.29, 1.82) is 0 Å². The van der Waals surface area contributed by atoms with Crippen molar-refractivity contribution in [1.82, 2.24) is 15.2 Å². The van der Waals surface area contributed by atoms with Gasteiger partial charge in [-0.15, -0.1) is 5.10 Å². The van der Waals surface area contributed by atoms with Crippen molar-refractivity contribution in [2.75, 3.05) is 11.7 Å². The Morgan fingerprint density at radius 2 is 1.65 bits per heavy atom. The molecule has 37 heavy (non-hydrogen) atoms. The van der Waals surface area contributed by atoms with Crippen LogP contribution in [-0.4, -0.2) is 39.0 Å². The second kappa shape index (κ2) is 9.78. The number of azo groups is 1. The van der Waals surface area contributed by atoms with Crippen LogP contribution in [0.4, 0.5) is 17.1 Å². The molecule has 182 valence electrons. The largest absolute Gasteiger partial charge is 0.454 e. The van der Waals surface area contributed by atoms with Crippen molar-refractivity contribution in [2.24, 2.45) is 10.2 Å². The molecule has 10 nitrogen and oxygen atoms in total. The minimum absolute atomic E-state index is 0.0383. The molecule has 1 aromatic heterocycles. The van der Waals surface area contributed by atoms with Gasteiger partial charge < -0.3 is 9.47 Å². The summed E-state index contributed by atoms with van der Waals surface area (Å²) >= 11 is 1.12. The number of anilines is 1. The minimum atomic E-state index is -0.654. The summed E-state index contributed by atoms with van der Waals surface area (Å²) in [5.74, 6) is 0.680. The minimum Gasteiger partial charge on any atom is -0.454 e. The number of ether oxygens (including phenoxy) is 2. The van der Waals surface area contributed by atoms with Gasteiger partial charge in [-0.2, -0.15) is 15.3 Å². The van der Waals surface area contributed by atoms with Crippen LogP contribution in [0.5, 0.6) is 11.5 Å². The van der Waals surface area contributed by atoms with E-state index in [1.54, 1.807) is 30.3 Å². The predicted octanol–water partition coefficient (Wildman–Crippen LogP) is 5.11. The third-order valence-corrected chi connectivity index (χ3v) is 6.74. The molecule has 3 aromatic carbocycles. The Hall–Kier alpha value is -4.64. The highest BCUT2D eigenvalue weighted by Gasteiger charge is 2.40. The van der Waals surface area contributed by atoms with E-state index in [-0.39, 0.29) is 25.0 Å². The molecule has 1 unspecified atom stereocenters. The summed E-state index contributed by atoms with van der Waals surface area (Å²) in [6.07, 6.45) is 1.57. The summed E-state index contributed by atoms with van der Waals surface area (Å²) in [5, 5.41) is 16.1. The van der Waals surface area contributed by atoms with Crippen LogP contribution >= 0.6 is 11.8 Å². The second-order valence-electron chi connectivity index (χ2n) is 8.12. The van der Waals surface area contributed by atoms with Gasteiger partial charge in [0.2, 0.25) is 23.8 Å². The van der Waals surface area contributed by atoms with Gasteiger partial charge in [-0.25, -0.2) is 9.88 Å². The first-order valence-electron chi connectivity index (χ1n) is 11.3. The first-order chi connectivity index (χ1) is 18.1. The van der Waals surface area contributed by atoms with E-state index >= 15 is 0 Å². The molecule has 3 heterocycles. The van der Waals surface area contributed by atoms with Crippen molar-refractivity contribution in [3.8, 4) is 22.8 Å². The number of rotatable bonds is 6. The van der Waals surface area contributed by atoms with Gasteiger partial charge in [0.1, 0.15) is 5.25 Å². The predicted molar refractivity (Wildman–Crippen MR) is 135 cm³/mol. The lowest BCUT2D eigenvalue weighted by atomic mass is 10.1. The average Bonchev–Trinajstić information content (AvgIpc) is 3.51. The van der Waals surface area contributed by atoms with Gasteiger partial charge in [0, 0.05) is 12.0 Å². The van der Waals surface area contributed by atoms with Crippen LogP contribution in [0.1, 0.15) is 6.42 Å². The van der Waals surface area contributed by atoms with Crippen molar-refractivity contribution in [3.63, 3.8) is 0 Å². The maximum absolute atomic E-state index is 13.1. The lowest BCUT2D eigenvalue weighted by molar-refractivity contribution is -0.121. The Balaban J connectivity index is 1.15. The van der Waals surface area contributed by atoms with Crippen LogP contribution in [-0.2, 0) is 9.59 Å². The fourth-order valence-electron chi connectivity index (χ4n) is 3.91. The van der Waals surface area contributed by atoms with Gasteiger partial charge in [0.25, 0.3) is 0 Å². The zero-order valence-corrected chi connectivity index (χ0v) is 20.0. The number of thioether (sulfide) groups is 1.